The topological polar surface area (TPSA) is 33.5 Å². The van der Waals surface area contributed by atoms with Crippen molar-refractivity contribution >= 4 is 38.9 Å². The zero-order chi connectivity index (χ0) is 15.5. The van der Waals surface area contributed by atoms with Crippen molar-refractivity contribution in [2.75, 3.05) is 4.90 Å². The number of anilines is 1. The van der Waals surface area contributed by atoms with Gasteiger partial charge in [0.05, 0.1) is 21.5 Å². The van der Waals surface area contributed by atoms with Gasteiger partial charge in [0.2, 0.25) is 0 Å². The number of halogens is 1. The van der Waals surface area contributed by atoms with Crippen LogP contribution in [0.25, 0.3) is 0 Å². The molecule has 0 saturated carbocycles. The van der Waals surface area contributed by atoms with Crippen LogP contribution in [0.15, 0.2) is 63.0 Å². The Hall–Kier alpha value is -1.85. The summed E-state index contributed by atoms with van der Waals surface area (Å²) in [5.41, 5.74) is 2.02. The van der Waals surface area contributed by atoms with Gasteiger partial charge in [-0.25, -0.2) is 0 Å². The SMILES string of the molecule is Cc1ccc(N(Cc2ccco2)C(=O)c2ccc(Br)s2)cc1. The molecular formula is C17H14BrNO2S. The predicted octanol–water partition coefficient (Wildman–Crippen LogP) is 5.26. The molecule has 0 aliphatic rings. The molecule has 1 aromatic carbocycles. The number of carbonyl (C=O) groups excluding carboxylic acids is 1. The molecule has 0 aliphatic carbocycles. The molecule has 1 amide bonds. The minimum atomic E-state index is -0.0315. The van der Waals surface area contributed by atoms with E-state index in [0.717, 1.165) is 20.8 Å². The lowest BCUT2D eigenvalue weighted by Gasteiger charge is -2.21. The first-order valence-corrected chi connectivity index (χ1v) is 8.41. The van der Waals surface area contributed by atoms with Crippen molar-refractivity contribution in [1.82, 2.24) is 0 Å². The number of hydrogen-bond acceptors (Lipinski definition) is 3. The van der Waals surface area contributed by atoms with Gasteiger partial charge in [-0.2, -0.15) is 0 Å². The molecule has 22 heavy (non-hydrogen) atoms. The van der Waals surface area contributed by atoms with E-state index in [9.17, 15) is 4.79 Å². The van der Waals surface area contributed by atoms with Gasteiger partial charge in [0.25, 0.3) is 5.91 Å². The Morgan fingerprint density at radius 2 is 1.95 bits per heavy atom. The van der Waals surface area contributed by atoms with E-state index in [1.807, 2.05) is 55.5 Å². The molecule has 0 radical (unpaired) electrons. The van der Waals surface area contributed by atoms with E-state index >= 15 is 0 Å². The van der Waals surface area contributed by atoms with Gasteiger partial charge in [-0.3, -0.25) is 4.79 Å². The number of carbonyl (C=O) groups is 1. The molecule has 5 heteroatoms. The van der Waals surface area contributed by atoms with Crippen molar-refractivity contribution in [3.63, 3.8) is 0 Å². The van der Waals surface area contributed by atoms with Crippen molar-refractivity contribution in [3.8, 4) is 0 Å². The molecule has 0 unspecified atom stereocenters. The monoisotopic (exact) mass is 375 g/mol. The number of amides is 1. The van der Waals surface area contributed by atoms with Crippen molar-refractivity contribution in [3.05, 3.63) is 74.8 Å². The Kier molecular flexibility index (Phi) is 4.45. The van der Waals surface area contributed by atoms with Crippen molar-refractivity contribution in [2.45, 2.75) is 13.5 Å². The maximum absolute atomic E-state index is 12.8. The van der Waals surface area contributed by atoms with E-state index < -0.39 is 0 Å². The number of nitrogens with zero attached hydrogens (tertiary/aromatic N) is 1. The summed E-state index contributed by atoms with van der Waals surface area (Å²) in [4.78, 5) is 15.3. The van der Waals surface area contributed by atoms with Crippen LogP contribution < -0.4 is 4.90 Å². The summed E-state index contributed by atoms with van der Waals surface area (Å²) in [6.07, 6.45) is 1.62. The fourth-order valence-corrected chi connectivity index (χ4v) is 3.46. The van der Waals surface area contributed by atoms with E-state index in [1.54, 1.807) is 11.2 Å². The second-order valence-corrected chi connectivity index (χ2v) is 7.37. The average molecular weight is 376 g/mol. The lowest BCUT2D eigenvalue weighted by molar-refractivity contribution is 0.0987. The van der Waals surface area contributed by atoms with Crippen LogP contribution in [0.1, 0.15) is 21.0 Å². The third-order valence-corrected chi connectivity index (χ3v) is 4.88. The minimum Gasteiger partial charge on any atom is -0.467 e. The van der Waals surface area contributed by atoms with Crippen LogP contribution >= 0.6 is 27.3 Å². The summed E-state index contributed by atoms with van der Waals surface area (Å²) in [7, 11) is 0. The van der Waals surface area contributed by atoms with Crippen LogP contribution in [-0.4, -0.2) is 5.91 Å². The van der Waals surface area contributed by atoms with Gasteiger partial charge in [0.15, 0.2) is 0 Å². The maximum atomic E-state index is 12.8. The highest BCUT2D eigenvalue weighted by Crippen LogP contribution is 2.27. The van der Waals surface area contributed by atoms with Crippen molar-refractivity contribution in [2.24, 2.45) is 0 Å². The average Bonchev–Trinajstić information content (AvgIpc) is 3.17. The van der Waals surface area contributed by atoms with Crippen molar-refractivity contribution in [1.29, 1.82) is 0 Å². The van der Waals surface area contributed by atoms with Gasteiger partial charge in [-0.15, -0.1) is 11.3 Å². The third kappa shape index (κ3) is 3.31. The Morgan fingerprint density at radius 3 is 2.55 bits per heavy atom. The minimum absolute atomic E-state index is 0.0315. The molecule has 0 bridgehead atoms. The Labute approximate surface area is 141 Å². The first-order valence-electron chi connectivity index (χ1n) is 6.80. The molecule has 0 spiro atoms. The smallest absolute Gasteiger partial charge is 0.268 e. The summed E-state index contributed by atoms with van der Waals surface area (Å²) >= 11 is 4.83. The second kappa shape index (κ2) is 6.50. The van der Waals surface area contributed by atoms with Crippen LogP contribution in [0.4, 0.5) is 5.69 Å². The van der Waals surface area contributed by atoms with Gasteiger partial charge >= 0.3 is 0 Å². The van der Waals surface area contributed by atoms with E-state index in [0.29, 0.717) is 11.4 Å². The Balaban J connectivity index is 1.94. The standard InChI is InChI=1S/C17H14BrNO2S/c1-12-4-6-13(7-5-12)19(11-14-3-2-10-21-14)17(20)15-8-9-16(18)22-15/h2-10H,11H2,1H3. The number of furan rings is 1. The van der Waals surface area contributed by atoms with Gasteiger partial charge < -0.3 is 9.32 Å². The van der Waals surface area contributed by atoms with Gasteiger partial charge in [-0.1, -0.05) is 17.7 Å². The fraction of sp³-hybridized carbons (Fsp3) is 0.118. The summed E-state index contributed by atoms with van der Waals surface area (Å²) in [5.74, 6) is 0.723. The third-order valence-electron chi connectivity index (χ3n) is 3.27. The number of thiophene rings is 1. The van der Waals surface area contributed by atoms with Crippen molar-refractivity contribution < 1.29 is 9.21 Å². The second-order valence-electron chi connectivity index (χ2n) is 4.91. The first kappa shape index (κ1) is 15.1. The molecule has 0 aliphatic heterocycles. The Bertz CT molecular complexity index is 762. The lowest BCUT2D eigenvalue weighted by atomic mass is 10.2. The molecule has 2 heterocycles. The predicted molar refractivity (Wildman–Crippen MR) is 92.4 cm³/mol. The molecule has 2 aromatic heterocycles. The zero-order valence-electron chi connectivity index (χ0n) is 12.0. The van der Waals surface area contributed by atoms with E-state index in [-0.39, 0.29) is 5.91 Å². The van der Waals surface area contributed by atoms with Gasteiger partial charge in [0, 0.05) is 5.69 Å². The van der Waals surface area contributed by atoms with Crippen LogP contribution in [0, 0.1) is 6.92 Å². The normalized spacial score (nSPS) is 10.6. The molecule has 3 aromatic rings. The quantitative estimate of drug-likeness (QED) is 0.622. The number of hydrogen-bond donors (Lipinski definition) is 0. The van der Waals surface area contributed by atoms with Gasteiger partial charge in [-0.05, 0) is 59.3 Å². The molecular weight excluding hydrogens is 362 g/mol. The summed E-state index contributed by atoms with van der Waals surface area (Å²) in [6.45, 7) is 2.43. The Morgan fingerprint density at radius 1 is 1.18 bits per heavy atom. The molecule has 3 rings (SSSR count). The molecule has 0 saturated heterocycles. The highest BCUT2D eigenvalue weighted by molar-refractivity contribution is 9.11. The van der Waals surface area contributed by atoms with E-state index in [2.05, 4.69) is 15.9 Å². The summed E-state index contributed by atoms with van der Waals surface area (Å²) in [6, 6.07) is 15.3. The fourth-order valence-electron chi connectivity index (χ4n) is 2.13. The maximum Gasteiger partial charge on any atom is 0.268 e. The lowest BCUT2D eigenvalue weighted by Crippen LogP contribution is -2.29. The molecule has 0 N–H and O–H groups in total. The highest BCUT2D eigenvalue weighted by Gasteiger charge is 2.20. The number of aryl methyl sites for hydroxylation is 1. The number of benzene rings is 1. The van der Waals surface area contributed by atoms with Crippen LogP contribution in [-0.2, 0) is 6.54 Å². The summed E-state index contributed by atoms with van der Waals surface area (Å²) < 4.78 is 6.34. The van der Waals surface area contributed by atoms with E-state index in [4.69, 9.17) is 4.42 Å². The van der Waals surface area contributed by atoms with Gasteiger partial charge in [0.1, 0.15) is 5.76 Å². The summed E-state index contributed by atoms with van der Waals surface area (Å²) in [5, 5.41) is 0. The molecule has 0 fully saturated rings. The van der Waals surface area contributed by atoms with Crippen LogP contribution in [0.2, 0.25) is 0 Å². The highest BCUT2D eigenvalue weighted by atomic mass is 79.9. The van der Waals surface area contributed by atoms with E-state index in [1.165, 1.54) is 11.3 Å². The zero-order valence-corrected chi connectivity index (χ0v) is 14.4. The van der Waals surface area contributed by atoms with Crippen LogP contribution in [0.5, 0.6) is 0 Å². The molecule has 3 nitrogen and oxygen atoms in total. The molecule has 112 valence electrons. The first-order chi connectivity index (χ1) is 10.6. The molecule has 0 atom stereocenters. The number of rotatable bonds is 4. The van der Waals surface area contributed by atoms with Crippen LogP contribution in [0.3, 0.4) is 0 Å². The largest absolute Gasteiger partial charge is 0.467 e.